The molecule has 3 heteroatoms. The Morgan fingerprint density at radius 1 is 1.30 bits per heavy atom. The highest BCUT2D eigenvalue weighted by molar-refractivity contribution is 5.23. The van der Waals surface area contributed by atoms with Gasteiger partial charge in [-0.25, -0.2) is 4.98 Å². The molecule has 0 saturated heterocycles. The van der Waals surface area contributed by atoms with Crippen molar-refractivity contribution in [2.45, 2.75) is 70.9 Å². The second kappa shape index (κ2) is 8.25. The maximum atomic E-state index is 6.09. The predicted octanol–water partition coefficient (Wildman–Crippen LogP) is 4.24. The Balaban J connectivity index is 1.94. The first-order chi connectivity index (χ1) is 9.79. The van der Waals surface area contributed by atoms with Crippen molar-refractivity contribution in [3.63, 3.8) is 0 Å². The molecule has 1 saturated carbocycles. The smallest absolute Gasteiger partial charge is 0.213 e. The van der Waals surface area contributed by atoms with E-state index in [1.165, 1.54) is 44.1 Å². The Labute approximate surface area is 123 Å². The van der Waals surface area contributed by atoms with Gasteiger partial charge in [-0.05, 0) is 57.2 Å². The van der Waals surface area contributed by atoms with Crippen molar-refractivity contribution in [2.75, 3.05) is 6.54 Å². The van der Waals surface area contributed by atoms with E-state index in [-0.39, 0.29) is 0 Å². The van der Waals surface area contributed by atoms with Crippen LogP contribution in [0.4, 0.5) is 0 Å². The maximum Gasteiger partial charge on any atom is 0.213 e. The molecule has 2 rings (SSSR count). The third-order valence-electron chi connectivity index (χ3n) is 4.05. The molecule has 1 atom stereocenters. The van der Waals surface area contributed by atoms with Crippen molar-refractivity contribution in [1.82, 2.24) is 10.3 Å². The highest BCUT2D eigenvalue weighted by Crippen LogP contribution is 2.23. The van der Waals surface area contributed by atoms with Crippen LogP contribution < -0.4 is 10.1 Å². The SMILES string of the molecule is CCCNC(C)c1ccnc(OC2CCCCCC2)c1. The summed E-state index contributed by atoms with van der Waals surface area (Å²) < 4.78 is 6.09. The standard InChI is InChI=1S/C17H28N2O/c1-3-11-18-14(2)15-10-12-19-17(13-15)20-16-8-6-4-5-7-9-16/h10,12-14,16,18H,3-9,11H2,1-2H3. The van der Waals surface area contributed by atoms with Crippen LogP contribution in [0.5, 0.6) is 5.88 Å². The van der Waals surface area contributed by atoms with Gasteiger partial charge >= 0.3 is 0 Å². The fraction of sp³-hybridized carbons (Fsp3) is 0.706. The first-order valence-corrected chi connectivity index (χ1v) is 8.15. The summed E-state index contributed by atoms with van der Waals surface area (Å²) in [4.78, 5) is 4.38. The van der Waals surface area contributed by atoms with Crippen LogP contribution in [0.15, 0.2) is 18.3 Å². The predicted molar refractivity (Wildman–Crippen MR) is 83.1 cm³/mol. The summed E-state index contributed by atoms with van der Waals surface area (Å²) in [7, 11) is 0. The van der Waals surface area contributed by atoms with Crippen molar-refractivity contribution in [1.29, 1.82) is 0 Å². The molecule has 1 fully saturated rings. The van der Waals surface area contributed by atoms with Gasteiger partial charge in [0, 0.05) is 18.3 Å². The number of nitrogens with one attached hydrogen (secondary N) is 1. The molecule has 1 aliphatic rings. The second-order valence-corrected chi connectivity index (χ2v) is 5.83. The Morgan fingerprint density at radius 3 is 2.75 bits per heavy atom. The van der Waals surface area contributed by atoms with Gasteiger partial charge in [0.1, 0.15) is 6.10 Å². The normalized spacial score (nSPS) is 18.5. The lowest BCUT2D eigenvalue weighted by Gasteiger charge is -2.18. The topological polar surface area (TPSA) is 34.2 Å². The van der Waals surface area contributed by atoms with Crippen LogP contribution >= 0.6 is 0 Å². The van der Waals surface area contributed by atoms with Crippen LogP contribution in [0.25, 0.3) is 0 Å². The molecule has 3 nitrogen and oxygen atoms in total. The molecule has 0 radical (unpaired) electrons. The maximum absolute atomic E-state index is 6.09. The minimum Gasteiger partial charge on any atom is -0.474 e. The first-order valence-electron chi connectivity index (χ1n) is 8.15. The number of pyridine rings is 1. The molecule has 112 valence electrons. The Kier molecular flexibility index (Phi) is 6.31. The van der Waals surface area contributed by atoms with Gasteiger partial charge in [0.15, 0.2) is 0 Å². The molecule has 0 bridgehead atoms. The summed E-state index contributed by atoms with van der Waals surface area (Å²) in [6.45, 7) is 5.43. The average molecular weight is 276 g/mol. The van der Waals surface area contributed by atoms with Gasteiger partial charge in [-0.3, -0.25) is 0 Å². The largest absolute Gasteiger partial charge is 0.474 e. The summed E-state index contributed by atoms with van der Waals surface area (Å²) in [6.07, 6.45) is 11.0. The van der Waals surface area contributed by atoms with Gasteiger partial charge in [-0.2, -0.15) is 0 Å². The fourth-order valence-corrected chi connectivity index (χ4v) is 2.77. The highest BCUT2D eigenvalue weighted by Gasteiger charge is 2.15. The van der Waals surface area contributed by atoms with E-state index in [0.29, 0.717) is 12.1 Å². The molecule has 20 heavy (non-hydrogen) atoms. The molecule has 1 aliphatic carbocycles. The summed E-state index contributed by atoms with van der Waals surface area (Å²) in [5.74, 6) is 0.791. The third-order valence-corrected chi connectivity index (χ3v) is 4.05. The first kappa shape index (κ1) is 15.3. The minimum absolute atomic E-state index is 0.356. The lowest BCUT2D eigenvalue weighted by atomic mass is 10.1. The fourth-order valence-electron chi connectivity index (χ4n) is 2.77. The summed E-state index contributed by atoms with van der Waals surface area (Å²) >= 11 is 0. The molecule has 1 N–H and O–H groups in total. The molecular weight excluding hydrogens is 248 g/mol. The summed E-state index contributed by atoms with van der Waals surface area (Å²) in [5, 5.41) is 3.51. The monoisotopic (exact) mass is 276 g/mol. The van der Waals surface area contributed by atoms with Gasteiger partial charge in [0.25, 0.3) is 0 Å². The van der Waals surface area contributed by atoms with E-state index in [4.69, 9.17) is 4.74 Å². The number of hydrogen-bond donors (Lipinski definition) is 1. The van der Waals surface area contributed by atoms with Crippen molar-refractivity contribution in [3.8, 4) is 5.88 Å². The number of ether oxygens (including phenoxy) is 1. The molecule has 1 unspecified atom stereocenters. The van der Waals surface area contributed by atoms with Gasteiger partial charge in [0.2, 0.25) is 5.88 Å². The van der Waals surface area contributed by atoms with Crippen LogP contribution in [-0.4, -0.2) is 17.6 Å². The van der Waals surface area contributed by atoms with Crippen molar-refractivity contribution >= 4 is 0 Å². The number of aromatic nitrogens is 1. The molecule has 0 spiro atoms. The number of hydrogen-bond acceptors (Lipinski definition) is 3. The van der Waals surface area contributed by atoms with Crippen LogP contribution in [0.3, 0.4) is 0 Å². The highest BCUT2D eigenvalue weighted by atomic mass is 16.5. The number of rotatable bonds is 6. The van der Waals surface area contributed by atoms with Crippen molar-refractivity contribution < 1.29 is 4.74 Å². The molecule has 1 aromatic heterocycles. The molecule has 1 heterocycles. The Bertz CT molecular complexity index is 386. The molecular formula is C17H28N2O. The van der Waals surface area contributed by atoms with E-state index in [2.05, 4.69) is 36.3 Å². The molecule has 0 amide bonds. The zero-order chi connectivity index (χ0) is 14.2. The zero-order valence-electron chi connectivity index (χ0n) is 12.9. The Morgan fingerprint density at radius 2 is 2.05 bits per heavy atom. The molecule has 0 aliphatic heterocycles. The lowest BCUT2D eigenvalue weighted by Crippen LogP contribution is -2.20. The number of nitrogens with zero attached hydrogens (tertiary/aromatic N) is 1. The summed E-state index contributed by atoms with van der Waals surface area (Å²) in [6, 6.07) is 4.53. The van der Waals surface area contributed by atoms with Gasteiger partial charge in [-0.1, -0.05) is 19.8 Å². The second-order valence-electron chi connectivity index (χ2n) is 5.83. The minimum atomic E-state index is 0.356. The van der Waals surface area contributed by atoms with Gasteiger partial charge < -0.3 is 10.1 Å². The van der Waals surface area contributed by atoms with E-state index >= 15 is 0 Å². The van der Waals surface area contributed by atoms with Crippen LogP contribution in [-0.2, 0) is 0 Å². The van der Waals surface area contributed by atoms with Gasteiger partial charge in [-0.15, -0.1) is 0 Å². The van der Waals surface area contributed by atoms with Crippen LogP contribution in [0.1, 0.15) is 70.4 Å². The third kappa shape index (κ3) is 4.78. The van der Waals surface area contributed by atoms with Gasteiger partial charge in [0.05, 0.1) is 0 Å². The molecule has 0 aromatic carbocycles. The summed E-state index contributed by atoms with van der Waals surface area (Å²) in [5.41, 5.74) is 1.26. The van der Waals surface area contributed by atoms with Crippen molar-refractivity contribution in [2.24, 2.45) is 0 Å². The quantitative estimate of drug-likeness (QED) is 0.789. The van der Waals surface area contributed by atoms with Crippen LogP contribution in [0.2, 0.25) is 0 Å². The molecule has 1 aromatic rings. The van der Waals surface area contributed by atoms with Crippen LogP contribution in [0, 0.1) is 0 Å². The van der Waals surface area contributed by atoms with E-state index in [1.54, 1.807) is 0 Å². The average Bonchev–Trinajstić information content (AvgIpc) is 2.73. The zero-order valence-corrected chi connectivity index (χ0v) is 12.9. The van der Waals surface area contributed by atoms with Crippen molar-refractivity contribution in [3.05, 3.63) is 23.9 Å². The van der Waals surface area contributed by atoms with E-state index in [1.807, 2.05) is 6.20 Å². The van der Waals surface area contributed by atoms with E-state index < -0.39 is 0 Å². The van der Waals surface area contributed by atoms with E-state index in [0.717, 1.165) is 18.8 Å². The van der Waals surface area contributed by atoms with E-state index in [9.17, 15) is 0 Å². The Hall–Kier alpha value is -1.09. The lowest BCUT2D eigenvalue weighted by molar-refractivity contribution is 0.176.